The molecule has 0 aliphatic rings. The molecule has 1 rings (SSSR count). The number of amides is 1. The Labute approximate surface area is 99.0 Å². The van der Waals surface area contributed by atoms with Gasteiger partial charge in [-0.1, -0.05) is 18.5 Å². The van der Waals surface area contributed by atoms with Gasteiger partial charge in [0.15, 0.2) is 0 Å². The van der Waals surface area contributed by atoms with E-state index in [1.807, 2.05) is 13.0 Å². The predicted octanol–water partition coefficient (Wildman–Crippen LogP) is 1.89. The maximum atomic E-state index is 11.5. The second-order valence-corrected chi connectivity index (χ2v) is 3.72. The van der Waals surface area contributed by atoms with Gasteiger partial charge in [0.25, 0.3) is 0 Å². The van der Waals surface area contributed by atoms with Crippen molar-refractivity contribution in [2.45, 2.75) is 19.4 Å². The molecule has 0 aliphatic carbocycles. The van der Waals surface area contributed by atoms with Crippen molar-refractivity contribution in [3.63, 3.8) is 0 Å². The van der Waals surface area contributed by atoms with Crippen molar-refractivity contribution < 1.29 is 4.79 Å². The number of nitrogens with zero attached hydrogens (tertiary/aromatic N) is 1. The first-order valence-electron chi connectivity index (χ1n) is 4.84. The van der Waals surface area contributed by atoms with E-state index in [9.17, 15) is 4.79 Å². The monoisotopic (exact) mass is 237 g/mol. The predicted molar refractivity (Wildman–Crippen MR) is 63.1 cm³/mol. The maximum absolute atomic E-state index is 11.5. The van der Waals surface area contributed by atoms with Gasteiger partial charge in [-0.2, -0.15) is 5.26 Å². The van der Waals surface area contributed by atoms with E-state index < -0.39 is 6.04 Å². The van der Waals surface area contributed by atoms with Crippen molar-refractivity contribution in [1.29, 1.82) is 5.26 Å². The Morgan fingerprint density at radius 2 is 2.38 bits per heavy atom. The summed E-state index contributed by atoms with van der Waals surface area (Å²) >= 11 is 5.89. The number of benzene rings is 1. The van der Waals surface area contributed by atoms with Crippen LogP contribution in [0.5, 0.6) is 0 Å². The summed E-state index contributed by atoms with van der Waals surface area (Å²) < 4.78 is 0. The SMILES string of the molecule is CC[C@H](N)C(=O)Nc1ccc(C#N)cc1Cl. The highest BCUT2D eigenvalue weighted by atomic mass is 35.5. The molecule has 16 heavy (non-hydrogen) atoms. The second kappa shape index (κ2) is 5.50. The molecule has 0 heterocycles. The van der Waals surface area contributed by atoms with Crippen LogP contribution in [0.1, 0.15) is 18.9 Å². The van der Waals surface area contributed by atoms with Gasteiger partial charge in [-0.15, -0.1) is 0 Å². The molecular formula is C11H12ClN3O. The lowest BCUT2D eigenvalue weighted by atomic mass is 10.2. The first-order valence-corrected chi connectivity index (χ1v) is 5.22. The van der Waals surface area contributed by atoms with E-state index in [4.69, 9.17) is 22.6 Å². The number of nitriles is 1. The lowest BCUT2D eigenvalue weighted by Gasteiger charge is -2.11. The summed E-state index contributed by atoms with van der Waals surface area (Å²) in [6.07, 6.45) is 0.555. The summed E-state index contributed by atoms with van der Waals surface area (Å²) in [4.78, 5) is 11.5. The molecule has 0 unspecified atom stereocenters. The lowest BCUT2D eigenvalue weighted by Crippen LogP contribution is -2.34. The molecule has 1 aromatic rings. The smallest absolute Gasteiger partial charge is 0.241 e. The van der Waals surface area contributed by atoms with E-state index in [0.29, 0.717) is 22.7 Å². The standard InChI is InChI=1S/C11H12ClN3O/c1-2-9(14)11(16)15-10-4-3-7(6-13)5-8(10)12/h3-5,9H,2,14H2,1H3,(H,15,16)/t9-/m0/s1. The van der Waals surface area contributed by atoms with E-state index in [-0.39, 0.29) is 5.91 Å². The van der Waals surface area contributed by atoms with Gasteiger partial charge in [-0.3, -0.25) is 4.79 Å². The van der Waals surface area contributed by atoms with Gasteiger partial charge < -0.3 is 11.1 Å². The van der Waals surface area contributed by atoms with Crippen LogP contribution >= 0.6 is 11.6 Å². The van der Waals surface area contributed by atoms with Crippen LogP contribution in [0.2, 0.25) is 5.02 Å². The molecule has 1 atom stereocenters. The summed E-state index contributed by atoms with van der Waals surface area (Å²) in [5, 5.41) is 11.6. The van der Waals surface area contributed by atoms with Crippen LogP contribution in [0.4, 0.5) is 5.69 Å². The minimum atomic E-state index is -0.549. The third kappa shape index (κ3) is 2.96. The Morgan fingerprint density at radius 1 is 1.69 bits per heavy atom. The molecule has 0 radical (unpaired) electrons. The molecule has 0 aromatic heterocycles. The van der Waals surface area contributed by atoms with E-state index in [2.05, 4.69) is 5.32 Å². The molecular weight excluding hydrogens is 226 g/mol. The Balaban J connectivity index is 2.83. The van der Waals surface area contributed by atoms with Crippen molar-refractivity contribution in [3.05, 3.63) is 28.8 Å². The minimum Gasteiger partial charge on any atom is -0.323 e. The summed E-state index contributed by atoms with van der Waals surface area (Å²) in [5.74, 6) is -0.283. The fraction of sp³-hybridized carbons (Fsp3) is 0.273. The number of rotatable bonds is 3. The van der Waals surface area contributed by atoms with Crippen molar-refractivity contribution in [3.8, 4) is 6.07 Å². The fourth-order valence-electron chi connectivity index (χ4n) is 1.10. The molecule has 0 spiro atoms. The first-order chi connectivity index (χ1) is 7.58. The van der Waals surface area contributed by atoms with Gasteiger partial charge in [0.2, 0.25) is 5.91 Å². The zero-order chi connectivity index (χ0) is 12.1. The van der Waals surface area contributed by atoms with E-state index >= 15 is 0 Å². The number of anilines is 1. The van der Waals surface area contributed by atoms with Gasteiger partial charge in [-0.05, 0) is 24.6 Å². The number of nitrogens with two attached hydrogens (primary N) is 1. The van der Waals surface area contributed by atoms with Crippen LogP contribution < -0.4 is 11.1 Å². The van der Waals surface area contributed by atoms with Gasteiger partial charge in [-0.25, -0.2) is 0 Å². The van der Waals surface area contributed by atoms with Crippen LogP contribution in [0, 0.1) is 11.3 Å². The van der Waals surface area contributed by atoms with E-state index in [0.717, 1.165) is 0 Å². The largest absolute Gasteiger partial charge is 0.323 e. The number of hydrogen-bond donors (Lipinski definition) is 2. The average Bonchev–Trinajstić information content (AvgIpc) is 2.30. The Hall–Kier alpha value is -1.57. The minimum absolute atomic E-state index is 0.283. The second-order valence-electron chi connectivity index (χ2n) is 3.31. The zero-order valence-electron chi connectivity index (χ0n) is 8.83. The van der Waals surface area contributed by atoms with Gasteiger partial charge in [0, 0.05) is 0 Å². The topological polar surface area (TPSA) is 78.9 Å². The number of halogens is 1. The van der Waals surface area contributed by atoms with Gasteiger partial charge in [0.1, 0.15) is 0 Å². The molecule has 1 amide bonds. The highest BCUT2D eigenvalue weighted by Gasteiger charge is 2.12. The van der Waals surface area contributed by atoms with Crippen molar-refractivity contribution in [2.75, 3.05) is 5.32 Å². The fourth-order valence-corrected chi connectivity index (χ4v) is 1.32. The Bertz CT molecular complexity index is 439. The summed E-state index contributed by atoms with van der Waals surface area (Å²) in [7, 11) is 0. The van der Waals surface area contributed by atoms with Crippen LogP contribution in [0.3, 0.4) is 0 Å². The Kier molecular flexibility index (Phi) is 4.29. The molecule has 4 nitrogen and oxygen atoms in total. The normalized spacial score (nSPS) is 11.6. The third-order valence-electron chi connectivity index (χ3n) is 2.13. The first kappa shape index (κ1) is 12.5. The van der Waals surface area contributed by atoms with Crippen LogP contribution in [0.15, 0.2) is 18.2 Å². The van der Waals surface area contributed by atoms with Gasteiger partial charge >= 0.3 is 0 Å². The highest BCUT2D eigenvalue weighted by Crippen LogP contribution is 2.22. The van der Waals surface area contributed by atoms with Crippen molar-refractivity contribution in [2.24, 2.45) is 5.73 Å². The zero-order valence-corrected chi connectivity index (χ0v) is 9.58. The Morgan fingerprint density at radius 3 is 2.88 bits per heavy atom. The molecule has 84 valence electrons. The summed E-state index contributed by atoms with van der Waals surface area (Å²) in [5.41, 5.74) is 6.48. The molecule has 0 fully saturated rings. The van der Waals surface area contributed by atoms with Crippen LogP contribution in [-0.2, 0) is 4.79 Å². The van der Waals surface area contributed by atoms with Crippen molar-refractivity contribution >= 4 is 23.2 Å². The third-order valence-corrected chi connectivity index (χ3v) is 2.45. The van der Waals surface area contributed by atoms with Crippen molar-refractivity contribution in [1.82, 2.24) is 0 Å². The van der Waals surface area contributed by atoms with Crippen LogP contribution in [0.25, 0.3) is 0 Å². The average molecular weight is 238 g/mol. The number of carbonyl (C=O) groups excluding carboxylic acids is 1. The maximum Gasteiger partial charge on any atom is 0.241 e. The lowest BCUT2D eigenvalue weighted by molar-refractivity contribution is -0.117. The molecule has 1 aromatic carbocycles. The number of nitrogens with one attached hydrogen (secondary N) is 1. The summed E-state index contributed by atoms with van der Waals surface area (Å²) in [6, 6.07) is 6.07. The van der Waals surface area contributed by atoms with Crippen LogP contribution in [-0.4, -0.2) is 11.9 Å². The molecule has 3 N–H and O–H groups in total. The molecule has 5 heteroatoms. The number of hydrogen-bond acceptors (Lipinski definition) is 3. The van der Waals surface area contributed by atoms with E-state index in [1.165, 1.54) is 6.07 Å². The molecule has 0 saturated heterocycles. The van der Waals surface area contributed by atoms with Gasteiger partial charge in [0.05, 0.1) is 28.4 Å². The quantitative estimate of drug-likeness (QED) is 0.843. The van der Waals surface area contributed by atoms with E-state index in [1.54, 1.807) is 12.1 Å². The number of carbonyl (C=O) groups is 1. The molecule has 0 bridgehead atoms. The molecule has 0 saturated carbocycles. The summed E-state index contributed by atoms with van der Waals surface area (Å²) in [6.45, 7) is 1.82. The highest BCUT2D eigenvalue weighted by molar-refractivity contribution is 6.33. The molecule has 0 aliphatic heterocycles.